The van der Waals surface area contributed by atoms with E-state index < -0.39 is 0 Å². The number of carbonyl (C=O) groups excluding carboxylic acids is 1. The summed E-state index contributed by atoms with van der Waals surface area (Å²) in [5.74, 6) is 0.209. The smallest absolute Gasteiger partial charge is 0.238 e. The van der Waals surface area contributed by atoms with Gasteiger partial charge in [-0.2, -0.15) is 0 Å². The minimum absolute atomic E-state index is 0.0214. The highest BCUT2D eigenvalue weighted by atomic mass is 16.2. The molecule has 1 aliphatic rings. The minimum Gasteiger partial charge on any atom is -0.319 e. The predicted octanol–water partition coefficient (Wildman–Crippen LogP) is 3.60. The molecule has 2 unspecified atom stereocenters. The van der Waals surface area contributed by atoms with Crippen molar-refractivity contribution in [2.45, 2.75) is 65.1 Å². The predicted molar refractivity (Wildman–Crippen MR) is 87.1 cm³/mol. The molecule has 116 valence electrons. The zero-order chi connectivity index (χ0) is 15.6. The topological polar surface area (TPSA) is 32.3 Å². The van der Waals surface area contributed by atoms with Gasteiger partial charge in [-0.3, -0.25) is 10.1 Å². The van der Waals surface area contributed by atoms with Gasteiger partial charge in [0.1, 0.15) is 6.17 Å². The van der Waals surface area contributed by atoms with E-state index in [1.165, 1.54) is 11.1 Å². The maximum atomic E-state index is 12.2. The van der Waals surface area contributed by atoms with Crippen LogP contribution < -0.4 is 5.32 Å². The second-order valence-electron chi connectivity index (χ2n) is 7.09. The fourth-order valence-electron chi connectivity index (χ4n) is 3.02. The molecule has 0 spiro atoms. The SMILES string of the molecule is CCCC(C)N1C(=O)CNC1c1ccc(C(C)(C)C)cc1. The Balaban J connectivity index is 2.22. The molecule has 21 heavy (non-hydrogen) atoms. The molecule has 2 rings (SSSR count). The lowest BCUT2D eigenvalue weighted by Gasteiger charge is -2.31. The van der Waals surface area contributed by atoms with Crippen molar-refractivity contribution in [2.24, 2.45) is 0 Å². The Bertz CT molecular complexity index is 487. The summed E-state index contributed by atoms with van der Waals surface area (Å²) in [4.78, 5) is 14.2. The third-order valence-corrected chi connectivity index (χ3v) is 4.29. The van der Waals surface area contributed by atoms with E-state index in [0.717, 1.165) is 12.8 Å². The van der Waals surface area contributed by atoms with Crippen molar-refractivity contribution in [3.63, 3.8) is 0 Å². The van der Waals surface area contributed by atoms with Crippen LogP contribution in [-0.4, -0.2) is 23.4 Å². The van der Waals surface area contributed by atoms with Crippen LogP contribution in [0.3, 0.4) is 0 Å². The summed E-state index contributed by atoms with van der Waals surface area (Å²) in [5, 5.41) is 3.35. The lowest BCUT2D eigenvalue weighted by Crippen LogP contribution is -2.37. The molecule has 0 aromatic heterocycles. The highest BCUT2D eigenvalue weighted by Crippen LogP contribution is 2.29. The number of rotatable bonds is 4. The lowest BCUT2D eigenvalue weighted by atomic mass is 9.86. The fourth-order valence-corrected chi connectivity index (χ4v) is 3.02. The van der Waals surface area contributed by atoms with Crippen LogP contribution in [0.5, 0.6) is 0 Å². The molecular formula is C18H28N2O. The van der Waals surface area contributed by atoms with Gasteiger partial charge in [0.2, 0.25) is 5.91 Å². The molecule has 1 saturated heterocycles. The van der Waals surface area contributed by atoms with Crippen LogP contribution in [0.2, 0.25) is 0 Å². The lowest BCUT2D eigenvalue weighted by molar-refractivity contribution is -0.130. The van der Waals surface area contributed by atoms with Crippen molar-refractivity contribution in [1.29, 1.82) is 0 Å². The number of nitrogens with zero attached hydrogens (tertiary/aromatic N) is 1. The first-order valence-corrected chi connectivity index (χ1v) is 7.99. The molecule has 1 heterocycles. The molecule has 0 aliphatic carbocycles. The third-order valence-electron chi connectivity index (χ3n) is 4.29. The van der Waals surface area contributed by atoms with E-state index in [0.29, 0.717) is 6.54 Å². The number of amides is 1. The van der Waals surface area contributed by atoms with Crippen LogP contribution in [0.25, 0.3) is 0 Å². The van der Waals surface area contributed by atoms with Crippen molar-refractivity contribution >= 4 is 5.91 Å². The summed E-state index contributed by atoms with van der Waals surface area (Å²) >= 11 is 0. The van der Waals surface area contributed by atoms with Crippen molar-refractivity contribution in [1.82, 2.24) is 10.2 Å². The summed E-state index contributed by atoms with van der Waals surface area (Å²) in [7, 11) is 0. The zero-order valence-electron chi connectivity index (χ0n) is 13.9. The first kappa shape index (κ1) is 16.0. The van der Waals surface area contributed by atoms with Crippen LogP contribution in [0, 0.1) is 0 Å². The van der Waals surface area contributed by atoms with Gasteiger partial charge in [-0.1, -0.05) is 58.4 Å². The molecular weight excluding hydrogens is 260 g/mol. The van der Waals surface area contributed by atoms with Gasteiger partial charge in [-0.05, 0) is 29.9 Å². The summed E-state index contributed by atoms with van der Waals surface area (Å²) < 4.78 is 0. The minimum atomic E-state index is 0.0214. The van der Waals surface area contributed by atoms with Crippen LogP contribution >= 0.6 is 0 Å². The largest absolute Gasteiger partial charge is 0.319 e. The summed E-state index contributed by atoms with van der Waals surface area (Å²) in [6, 6.07) is 8.96. The van der Waals surface area contributed by atoms with E-state index in [1.807, 2.05) is 4.90 Å². The number of hydrogen-bond donors (Lipinski definition) is 1. The summed E-state index contributed by atoms with van der Waals surface area (Å²) in [5.41, 5.74) is 2.66. The Hall–Kier alpha value is -1.35. The Kier molecular flexibility index (Phi) is 4.72. The molecule has 1 aromatic rings. The summed E-state index contributed by atoms with van der Waals surface area (Å²) in [6.45, 7) is 11.4. The van der Waals surface area contributed by atoms with E-state index in [4.69, 9.17) is 0 Å². The molecule has 3 nitrogen and oxygen atoms in total. The van der Waals surface area contributed by atoms with Crippen LogP contribution in [0.15, 0.2) is 24.3 Å². The van der Waals surface area contributed by atoms with Gasteiger partial charge < -0.3 is 4.90 Å². The molecule has 0 radical (unpaired) electrons. The van der Waals surface area contributed by atoms with Gasteiger partial charge in [-0.15, -0.1) is 0 Å². The van der Waals surface area contributed by atoms with Crippen molar-refractivity contribution in [3.05, 3.63) is 35.4 Å². The normalized spacial score (nSPS) is 20.9. The first-order chi connectivity index (χ1) is 9.84. The molecule has 1 N–H and O–H groups in total. The Morgan fingerprint density at radius 1 is 1.29 bits per heavy atom. The average Bonchev–Trinajstić information content (AvgIpc) is 2.80. The Morgan fingerprint density at radius 2 is 1.90 bits per heavy atom. The molecule has 0 saturated carbocycles. The molecule has 1 fully saturated rings. The van der Waals surface area contributed by atoms with Gasteiger partial charge in [-0.25, -0.2) is 0 Å². The molecule has 1 aromatic carbocycles. The average molecular weight is 288 g/mol. The van der Waals surface area contributed by atoms with E-state index in [1.54, 1.807) is 0 Å². The van der Waals surface area contributed by atoms with Gasteiger partial charge in [0.05, 0.1) is 6.54 Å². The fraction of sp³-hybridized carbons (Fsp3) is 0.611. The van der Waals surface area contributed by atoms with Gasteiger partial charge >= 0.3 is 0 Å². The second kappa shape index (κ2) is 6.18. The standard InChI is InChI=1S/C18H28N2O/c1-6-7-13(2)20-16(21)12-19-17(20)14-8-10-15(11-9-14)18(3,4)5/h8-11,13,17,19H,6-7,12H2,1-5H3. The molecule has 2 atom stereocenters. The van der Waals surface area contributed by atoms with E-state index in [9.17, 15) is 4.79 Å². The monoisotopic (exact) mass is 288 g/mol. The number of carbonyl (C=O) groups is 1. The highest BCUT2D eigenvalue weighted by Gasteiger charge is 2.34. The maximum absolute atomic E-state index is 12.2. The summed E-state index contributed by atoms with van der Waals surface area (Å²) in [6.07, 6.45) is 2.16. The van der Waals surface area contributed by atoms with Crippen molar-refractivity contribution in [2.75, 3.05) is 6.54 Å². The molecule has 1 amide bonds. The van der Waals surface area contributed by atoms with Crippen LogP contribution in [-0.2, 0) is 10.2 Å². The van der Waals surface area contributed by atoms with Crippen molar-refractivity contribution in [3.8, 4) is 0 Å². The first-order valence-electron chi connectivity index (χ1n) is 7.99. The van der Waals surface area contributed by atoms with E-state index in [-0.39, 0.29) is 23.5 Å². The van der Waals surface area contributed by atoms with E-state index in [2.05, 4.69) is 64.2 Å². The van der Waals surface area contributed by atoms with Crippen LogP contribution in [0.1, 0.15) is 64.8 Å². The van der Waals surface area contributed by atoms with Gasteiger partial charge in [0, 0.05) is 6.04 Å². The molecule has 0 bridgehead atoms. The Morgan fingerprint density at radius 3 is 2.43 bits per heavy atom. The maximum Gasteiger partial charge on any atom is 0.238 e. The van der Waals surface area contributed by atoms with E-state index >= 15 is 0 Å². The highest BCUT2D eigenvalue weighted by molar-refractivity contribution is 5.81. The number of nitrogens with one attached hydrogen (secondary N) is 1. The molecule has 3 heteroatoms. The quantitative estimate of drug-likeness (QED) is 0.918. The van der Waals surface area contributed by atoms with Gasteiger partial charge in [0.25, 0.3) is 0 Å². The van der Waals surface area contributed by atoms with Crippen LogP contribution in [0.4, 0.5) is 0 Å². The number of hydrogen-bond acceptors (Lipinski definition) is 2. The second-order valence-corrected chi connectivity index (χ2v) is 7.09. The van der Waals surface area contributed by atoms with Crippen molar-refractivity contribution < 1.29 is 4.79 Å². The third kappa shape index (κ3) is 3.46. The Labute approximate surface area is 128 Å². The zero-order valence-corrected chi connectivity index (χ0v) is 13.9. The van der Waals surface area contributed by atoms with Gasteiger partial charge in [0.15, 0.2) is 0 Å². The molecule has 1 aliphatic heterocycles. The number of benzene rings is 1.